The van der Waals surface area contributed by atoms with E-state index in [1.54, 1.807) is 12.1 Å². The van der Waals surface area contributed by atoms with Gasteiger partial charge in [0.25, 0.3) is 0 Å². The Bertz CT molecular complexity index is 1150. The minimum atomic E-state index is -0.565. The first-order valence-corrected chi connectivity index (χ1v) is 9.11. The maximum absolute atomic E-state index is 14.0. The van der Waals surface area contributed by atoms with Gasteiger partial charge < -0.3 is 9.47 Å². The van der Waals surface area contributed by atoms with Gasteiger partial charge in [0.1, 0.15) is 17.3 Å². The Morgan fingerprint density at radius 2 is 1.86 bits per heavy atom. The lowest BCUT2D eigenvalue weighted by molar-refractivity contribution is 0.0734. The van der Waals surface area contributed by atoms with Crippen LogP contribution in [-0.2, 0) is 0 Å². The highest BCUT2D eigenvalue weighted by atomic mass is 35.5. The molecular formula is C23H14ClFO4. The Labute approximate surface area is 171 Å². The monoisotopic (exact) mass is 408 g/mol. The third-order valence-electron chi connectivity index (χ3n) is 4.41. The van der Waals surface area contributed by atoms with E-state index < -0.39 is 17.6 Å². The molecule has 0 bridgehead atoms. The third kappa shape index (κ3) is 3.77. The quantitative estimate of drug-likeness (QED) is 0.320. The molecule has 0 saturated carbocycles. The second-order valence-electron chi connectivity index (χ2n) is 6.49. The van der Waals surface area contributed by atoms with E-state index in [1.807, 2.05) is 19.1 Å². The summed E-state index contributed by atoms with van der Waals surface area (Å²) >= 11 is 6.01. The van der Waals surface area contributed by atoms with E-state index in [0.717, 1.165) is 5.56 Å². The maximum Gasteiger partial charge on any atom is 0.343 e. The zero-order valence-corrected chi connectivity index (χ0v) is 16.0. The first kappa shape index (κ1) is 18.9. The second kappa shape index (κ2) is 7.53. The largest absolute Gasteiger partial charge is 0.452 e. The smallest absolute Gasteiger partial charge is 0.343 e. The Hall–Kier alpha value is -3.44. The van der Waals surface area contributed by atoms with E-state index in [0.29, 0.717) is 11.1 Å². The van der Waals surface area contributed by atoms with Crippen molar-refractivity contribution in [2.24, 2.45) is 0 Å². The number of ether oxygens (including phenoxy) is 2. The van der Waals surface area contributed by atoms with Crippen LogP contribution in [0.5, 0.6) is 11.5 Å². The molecule has 3 aromatic carbocycles. The fraction of sp³-hybridized carbons (Fsp3) is 0.0435. The van der Waals surface area contributed by atoms with Crippen molar-refractivity contribution in [3.05, 3.63) is 99.5 Å². The molecule has 0 spiro atoms. The fourth-order valence-electron chi connectivity index (χ4n) is 2.87. The number of allylic oxidation sites excluding steroid dienone is 1. The van der Waals surface area contributed by atoms with Gasteiger partial charge in [-0.25, -0.2) is 9.18 Å². The molecule has 144 valence electrons. The number of aryl methyl sites for hydroxylation is 1. The van der Waals surface area contributed by atoms with Crippen molar-refractivity contribution in [1.82, 2.24) is 0 Å². The van der Waals surface area contributed by atoms with Gasteiger partial charge in [0.2, 0.25) is 5.78 Å². The average Bonchev–Trinajstić information content (AvgIpc) is 3.00. The number of hydrogen-bond donors (Lipinski definition) is 0. The topological polar surface area (TPSA) is 52.6 Å². The average molecular weight is 409 g/mol. The molecule has 0 N–H and O–H groups in total. The molecule has 0 unspecified atom stereocenters. The van der Waals surface area contributed by atoms with E-state index in [1.165, 1.54) is 42.5 Å². The Morgan fingerprint density at radius 1 is 1.10 bits per heavy atom. The molecule has 0 saturated heterocycles. The molecule has 0 fully saturated rings. The van der Waals surface area contributed by atoms with Crippen LogP contribution in [-0.4, -0.2) is 11.8 Å². The lowest BCUT2D eigenvalue weighted by Crippen LogP contribution is -2.08. The molecule has 0 radical (unpaired) electrons. The summed E-state index contributed by atoms with van der Waals surface area (Å²) in [5.74, 6) is -1.10. The van der Waals surface area contributed by atoms with Gasteiger partial charge in [-0.2, -0.15) is 0 Å². The number of halogens is 2. The number of hydrogen-bond acceptors (Lipinski definition) is 4. The molecule has 1 aliphatic heterocycles. The van der Waals surface area contributed by atoms with Crippen LogP contribution in [0, 0.1) is 12.7 Å². The third-order valence-corrected chi connectivity index (χ3v) is 4.74. The van der Waals surface area contributed by atoms with E-state index >= 15 is 0 Å². The van der Waals surface area contributed by atoms with Crippen molar-refractivity contribution in [1.29, 1.82) is 0 Å². The van der Waals surface area contributed by atoms with Crippen molar-refractivity contribution in [2.45, 2.75) is 6.92 Å². The van der Waals surface area contributed by atoms with Crippen LogP contribution < -0.4 is 9.47 Å². The molecule has 1 heterocycles. The lowest BCUT2D eigenvalue weighted by atomic mass is 10.1. The highest BCUT2D eigenvalue weighted by Crippen LogP contribution is 2.36. The van der Waals surface area contributed by atoms with Crippen molar-refractivity contribution in [3.63, 3.8) is 0 Å². The lowest BCUT2D eigenvalue weighted by Gasteiger charge is -2.06. The second-order valence-corrected chi connectivity index (χ2v) is 6.90. The summed E-state index contributed by atoms with van der Waals surface area (Å²) < 4.78 is 24.9. The number of fused-ring (bicyclic) bond motifs is 1. The number of ketones is 1. The molecule has 29 heavy (non-hydrogen) atoms. The van der Waals surface area contributed by atoms with E-state index in [9.17, 15) is 14.0 Å². The Morgan fingerprint density at radius 3 is 2.59 bits per heavy atom. The van der Waals surface area contributed by atoms with Gasteiger partial charge in [-0.1, -0.05) is 35.4 Å². The van der Waals surface area contributed by atoms with Gasteiger partial charge in [0.15, 0.2) is 5.76 Å². The van der Waals surface area contributed by atoms with Crippen molar-refractivity contribution in [3.8, 4) is 11.5 Å². The zero-order valence-electron chi connectivity index (χ0n) is 15.2. The molecule has 0 aliphatic carbocycles. The highest BCUT2D eigenvalue weighted by molar-refractivity contribution is 6.32. The maximum atomic E-state index is 14.0. The minimum absolute atomic E-state index is 0.0611. The van der Waals surface area contributed by atoms with Gasteiger partial charge >= 0.3 is 5.97 Å². The van der Waals surface area contributed by atoms with Gasteiger partial charge in [-0.05, 0) is 49.4 Å². The van der Waals surface area contributed by atoms with Gasteiger partial charge in [-0.3, -0.25) is 4.79 Å². The summed E-state index contributed by atoms with van der Waals surface area (Å²) in [5.41, 5.74) is 1.79. The number of carbonyl (C=O) groups is 2. The molecule has 0 aromatic heterocycles. The molecule has 0 amide bonds. The number of Topliss-reactive ketones (excluding diaryl/α,β-unsaturated/α-hetero) is 1. The summed E-state index contributed by atoms with van der Waals surface area (Å²) in [4.78, 5) is 24.8. The zero-order chi connectivity index (χ0) is 20.5. The summed E-state index contributed by atoms with van der Waals surface area (Å²) in [7, 11) is 0. The number of benzene rings is 3. The Balaban J connectivity index is 1.58. The van der Waals surface area contributed by atoms with E-state index in [4.69, 9.17) is 21.1 Å². The molecule has 0 atom stereocenters. The minimum Gasteiger partial charge on any atom is -0.452 e. The molecule has 4 nitrogen and oxygen atoms in total. The van der Waals surface area contributed by atoms with E-state index in [-0.39, 0.29) is 27.8 Å². The van der Waals surface area contributed by atoms with Crippen LogP contribution in [0.15, 0.2) is 66.4 Å². The van der Waals surface area contributed by atoms with Crippen LogP contribution >= 0.6 is 11.6 Å². The SMILES string of the molecule is Cc1ccc(C(=O)Oc2ccc3c(c2)OC(=Cc2c(F)cccc2Cl)C3=O)cc1. The van der Waals surface area contributed by atoms with Gasteiger partial charge in [-0.15, -0.1) is 0 Å². The Kier molecular flexibility index (Phi) is 4.91. The van der Waals surface area contributed by atoms with Crippen molar-refractivity contribution in [2.75, 3.05) is 0 Å². The van der Waals surface area contributed by atoms with Crippen LogP contribution in [0.1, 0.15) is 31.8 Å². The van der Waals surface area contributed by atoms with Crippen molar-refractivity contribution < 1.29 is 23.5 Å². The van der Waals surface area contributed by atoms with Gasteiger partial charge in [0, 0.05) is 11.6 Å². The number of esters is 1. The standard InChI is InChI=1S/C23H14ClFO4/c1-13-5-7-14(8-6-13)23(27)28-15-9-10-16-20(11-15)29-21(22(16)26)12-17-18(24)3-2-4-19(17)25/h2-12H,1H3. The molecule has 1 aliphatic rings. The van der Waals surface area contributed by atoms with E-state index in [2.05, 4.69) is 0 Å². The fourth-order valence-corrected chi connectivity index (χ4v) is 3.08. The van der Waals surface area contributed by atoms with Crippen LogP contribution in [0.4, 0.5) is 4.39 Å². The molecular weight excluding hydrogens is 395 g/mol. The van der Waals surface area contributed by atoms with Crippen molar-refractivity contribution >= 4 is 29.4 Å². The van der Waals surface area contributed by atoms with Crippen LogP contribution in [0.2, 0.25) is 5.02 Å². The number of carbonyl (C=O) groups excluding carboxylic acids is 2. The molecule has 4 rings (SSSR count). The van der Waals surface area contributed by atoms with Crippen LogP contribution in [0.3, 0.4) is 0 Å². The number of rotatable bonds is 3. The summed E-state index contributed by atoms with van der Waals surface area (Å²) in [6, 6.07) is 15.7. The highest BCUT2D eigenvalue weighted by Gasteiger charge is 2.28. The molecule has 6 heteroatoms. The van der Waals surface area contributed by atoms with Gasteiger partial charge in [0.05, 0.1) is 16.1 Å². The first-order chi connectivity index (χ1) is 13.9. The first-order valence-electron chi connectivity index (χ1n) is 8.73. The summed E-state index contributed by atoms with van der Waals surface area (Å²) in [6.07, 6.45) is 1.26. The normalized spacial score (nSPS) is 13.9. The predicted octanol–water partition coefficient (Wildman–Crippen LogP) is 5.62. The predicted molar refractivity (Wildman–Crippen MR) is 107 cm³/mol. The summed E-state index contributed by atoms with van der Waals surface area (Å²) in [6.45, 7) is 1.92. The summed E-state index contributed by atoms with van der Waals surface area (Å²) in [5, 5.41) is 0.164. The molecule has 3 aromatic rings. The van der Waals surface area contributed by atoms with Crippen LogP contribution in [0.25, 0.3) is 6.08 Å².